The van der Waals surface area contributed by atoms with E-state index in [0.717, 1.165) is 31.6 Å². The summed E-state index contributed by atoms with van der Waals surface area (Å²) < 4.78 is 29.8. The maximum absolute atomic E-state index is 12.6. The van der Waals surface area contributed by atoms with Crippen molar-refractivity contribution in [2.24, 2.45) is 4.99 Å². The zero-order valence-corrected chi connectivity index (χ0v) is 18.6. The lowest BCUT2D eigenvalue weighted by Crippen LogP contribution is -2.46. The normalized spacial score (nSPS) is 16.1. The van der Waals surface area contributed by atoms with Crippen LogP contribution in [0.4, 0.5) is 8.78 Å². The van der Waals surface area contributed by atoms with E-state index in [1.807, 2.05) is 13.0 Å². The molecule has 2 rings (SSSR count). The van der Waals surface area contributed by atoms with Gasteiger partial charge in [-0.3, -0.25) is 9.89 Å². The second-order valence-corrected chi connectivity index (χ2v) is 6.60. The van der Waals surface area contributed by atoms with E-state index in [1.54, 1.807) is 19.2 Å². The van der Waals surface area contributed by atoms with Crippen molar-refractivity contribution in [3.8, 4) is 5.75 Å². The highest BCUT2D eigenvalue weighted by atomic mass is 127. The Morgan fingerprint density at radius 3 is 2.56 bits per heavy atom. The fraction of sp³-hybridized carbons (Fsp3) is 0.632. The van der Waals surface area contributed by atoms with Gasteiger partial charge in [-0.25, -0.2) is 0 Å². The van der Waals surface area contributed by atoms with Gasteiger partial charge in [0.15, 0.2) is 5.96 Å². The van der Waals surface area contributed by atoms with E-state index in [1.165, 1.54) is 12.8 Å². The molecule has 0 spiro atoms. The second kappa shape index (κ2) is 12.3. The third-order valence-electron chi connectivity index (χ3n) is 4.74. The van der Waals surface area contributed by atoms with Crippen LogP contribution in [-0.4, -0.2) is 50.2 Å². The van der Waals surface area contributed by atoms with Gasteiger partial charge < -0.3 is 15.4 Å². The number of nitrogens with one attached hydrogen (secondary N) is 2. The van der Waals surface area contributed by atoms with Crippen molar-refractivity contribution >= 4 is 29.9 Å². The Labute approximate surface area is 178 Å². The summed E-state index contributed by atoms with van der Waals surface area (Å²) in [4.78, 5) is 6.75. The molecule has 8 heteroatoms. The van der Waals surface area contributed by atoms with E-state index in [4.69, 9.17) is 0 Å². The SMILES string of the molecule is CCC(CNC(=NC)NCc1cc(C)ccc1OC(F)F)N1CCCC1.I. The van der Waals surface area contributed by atoms with Crippen LogP contribution < -0.4 is 15.4 Å². The van der Waals surface area contributed by atoms with Crippen LogP contribution in [0, 0.1) is 6.92 Å². The number of rotatable bonds is 8. The van der Waals surface area contributed by atoms with E-state index in [0.29, 0.717) is 24.1 Å². The molecule has 1 aliphatic heterocycles. The lowest BCUT2D eigenvalue weighted by atomic mass is 10.1. The number of benzene rings is 1. The molecular formula is C19H31F2IN4O. The maximum atomic E-state index is 12.6. The summed E-state index contributed by atoms with van der Waals surface area (Å²) in [6.45, 7) is 4.77. The van der Waals surface area contributed by atoms with Crippen molar-refractivity contribution < 1.29 is 13.5 Å². The standard InChI is InChI=1S/C19H30F2N4O.HI/c1-4-16(25-9-5-6-10-25)13-24-19(22-3)23-12-15-11-14(2)7-8-17(15)26-18(20)21;/h7-8,11,16,18H,4-6,9-10,12-13H2,1-3H3,(H2,22,23,24);1H. The first-order valence-corrected chi connectivity index (χ1v) is 9.26. The number of guanidine groups is 1. The van der Waals surface area contributed by atoms with E-state index < -0.39 is 6.61 Å². The molecule has 1 aromatic carbocycles. The molecule has 5 nitrogen and oxygen atoms in total. The van der Waals surface area contributed by atoms with Gasteiger partial charge in [0.25, 0.3) is 0 Å². The smallest absolute Gasteiger partial charge is 0.387 e. The first kappa shape index (κ1) is 23.9. The molecule has 0 radical (unpaired) electrons. The Morgan fingerprint density at radius 2 is 1.96 bits per heavy atom. The van der Waals surface area contributed by atoms with Gasteiger partial charge in [0.1, 0.15) is 5.75 Å². The zero-order valence-electron chi connectivity index (χ0n) is 16.3. The molecule has 1 heterocycles. The predicted molar refractivity (Wildman–Crippen MR) is 116 cm³/mol. The van der Waals surface area contributed by atoms with Crippen LogP contribution in [0.1, 0.15) is 37.3 Å². The lowest BCUT2D eigenvalue weighted by Gasteiger charge is -2.27. The van der Waals surface area contributed by atoms with Crippen molar-refractivity contribution in [3.63, 3.8) is 0 Å². The minimum Gasteiger partial charge on any atom is -0.434 e. The van der Waals surface area contributed by atoms with Crippen LogP contribution in [0.15, 0.2) is 23.2 Å². The lowest BCUT2D eigenvalue weighted by molar-refractivity contribution is -0.0504. The third-order valence-corrected chi connectivity index (χ3v) is 4.74. The van der Waals surface area contributed by atoms with Crippen molar-refractivity contribution in [2.75, 3.05) is 26.7 Å². The van der Waals surface area contributed by atoms with Gasteiger partial charge in [0, 0.05) is 31.7 Å². The second-order valence-electron chi connectivity index (χ2n) is 6.60. The summed E-state index contributed by atoms with van der Waals surface area (Å²) >= 11 is 0. The number of alkyl halides is 2. The molecule has 2 N–H and O–H groups in total. The average molecular weight is 496 g/mol. The summed E-state index contributed by atoms with van der Waals surface area (Å²) in [6, 6.07) is 5.66. The number of halogens is 3. The number of likely N-dealkylation sites (tertiary alicyclic amines) is 1. The zero-order chi connectivity index (χ0) is 18.9. The third kappa shape index (κ3) is 7.77. The Balaban J connectivity index is 0.00000364. The largest absolute Gasteiger partial charge is 0.434 e. The fourth-order valence-electron chi connectivity index (χ4n) is 3.31. The first-order valence-electron chi connectivity index (χ1n) is 9.26. The summed E-state index contributed by atoms with van der Waals surface area (Å²) in [5.74, 6) is 0.851. The topological polar surface area (TPSA) is 48.9 Å². The van der Waals surface area contributed by atoms with Crippen LogP contribution in [0.3, 0.4) is 0 Å². The summed E-state index contributed by atoms with van der Waals surface area (Å²) in [7, 11) is 1.71. The van der Waals surface area contributed by atoms with Crippen LogP contribution in [0.25, 0.3) is 0 Å². The molecule has 0 saturated carbocycles. The van der Waals surface area contributed by atoms with Gasteiger partial charge in [-0.1, -0.05) is 24.6 Å². The van der Waals surface area contributed by atoms with Gasteiger partial charge in [0.05, 0.1) is 0 Å². The number of aliphatic imine (C=N–C) groups is 1. The summed E-state index contributed by atoms with van der Waals surface area (Å²) in [5.41, 5.74) is 1.67. The van der Waals surface area contributed by atoms with E-state index >= 15 is 0 Å². The van der Waals surface area contributed by atoms with Crippen molar-refractivity contribution in [3.05, 3.63) is 29.3 Å². The molecule has 0 bridgehead atoms. The van der Waals surface area contributed by atoms with Crippen LogP contribution in [0.2, 0.25) is 0 Å². The highest BCUT2D eigenvalue weighted by Crippen LogP contribution is 2.22. The van der Waals surface area contributed by atoms with E-state index in [9.17, 15) is 8.78 Å². The van der Waals surface area contributed by atoms with E-state index in [-0.39, 0.29) is 29.7 Å². The minimum absolute atomic E-state index is 0. The van der Waals surface area contributed by atoms with Crippen molar-refractivity contribution in [1.29, 1.82) is 0 Å². The van der Waals surface area contributed by atoms with Gasteiger partial charge in [-0.05, 0) is 45.3 Å². The number of aryl methyl sites for hydroxylation is 1. The van der Waals surface area contributed by atoms with Crippen LogP contribution >= 0.6 is 24.0 Å². The molecule has 1 fully saturated rings. The van der Waals surface area contributed by atoms with Gasteiger partial charge in [-0.15, -0.1) is 24.0 Å². The minimum atomic E-state index is -2.83. The molecule has 0 amide bonds. The number of ether oxygens (including phenoxy) is 1. The van der Waals surface area contributed by atoms with Crippen molar-refractivity contribution in [2.45, 2.75) is 52.3 Å². The number of nitrogens with zero attached hydrogens (tertiary/aromatic N) is 2. The Morgan fingerprint density at radius 1 is 1.26 bits per heavy atom. The van der Waals surface area contributed by atoms with E-state index in [2.05, 4.69) is 32.2 Å². The molecular weight excluding hydrogens is 465 g/mol. The van der Waals surface area contributed by atoms with Crippen LogP contribution in [0.5, 0.6) is 5.75 Å². The molecule has 1 saturated heterocycles. The molecule has 0 aliphatic carbocycles. The average Bonchev–Trinajstić information content (AvgIpc) is 3.14. The molecule has 154 valence electrons. The van der Waals surface area contributed by atoms with Gasteiger partial charge >= 0.3 is 6.61 Å². The first-order chi connectivity index (χ1) is 12.5. The number of hydrogen-bond donors (Lipinski definition) is 2. The molecule has 1 atom stereocenters. The van der Waals surface area contributed by atoms with Gasteiger partial charge in [-0.2, -0.15) is 8.78 Å². The highest BCUT2D eigenvalue weighted by molar-refractivity contribution is 14.0. The van der Waals surface area contributed by atoms with Crippen LogP contribution in [-0.2, 0) is 6.54 Å². The summed E-state index contributed by atoms with van der Waals surface area (Å²) in [5, 5.41) is 6.54. The molecule has 0 aromatic heterocycles. The van der Waals surface area contributed by atoms with Gasteiger partial charge in [0.2, 0.25) is 0 Å². The Hall–Kier alpha value is -1.16. The summed E-state index contributed by atoms with van der Waals surface area (Å²) in [6.07, 6.45) is 3.61. The molecule has 1 aromatic rings. The number of hydrogen-bond acceptors (Lipinski definition) is 3. The molecule has 27 heavy (non-hydrogen) atoms. The quantitative estimate of drug-likeness (QED) is 0.327. The Bertz CT molecular complexity index is 595. The Kier molecular flexibility index (Phi) is 10.9. The monoisotopic (exact) mass is 496 g/mol. The molecule has 1 aliphatic rings. The fourth-order valence-corrected chi connectivity index (χ4v) is 3.31. The van der Waals surface area contributed by atoms with Crippen molar-refractivity contribution in [1.82, 2.24) is 15.5 Å². The predicted octanol–water partition coefficient (Wildman–Crippen LogP) is 3.75. The molecule has 1 unspecified atom stereocenters. The highest BCUT2D eigenvalue weighted by Gasteiger charge is 2.20. The maximum Gasteiger partial charge on any atom is 0.387 e.